The van der Waals surface area contributed by atoms with Crippen molar-refractivity contribution in [1.29, 1.82) is 0 Å². The van der Waals surface area contributed by atoms with Crippen LogP contribution < -0.4 is 10.5 Å². The summed E-state index contributed by atoms with van der Waals surface area (Å²) in [6, 6.07) is 7.22. The van der Waals surface area contributed by atoms with E-state index < -0.39 is 0 Å². The second-order valence-corrected chi connectivity index (χ2v) is 5.02. The van der Waals surface area contributed by atoms with Crippen LogP contribution in [0.3, 0.4) is 0 Å². The predicted molar refractivity (Wildman–Crippen MR) is 92.1 cm³/mol. The van der Waals surface area contributed by atoms with Gasteiger partial charge in [0, 0.05) is 6.20 Å². The van der Waals surface area contributed by atoms with Crippen LogP contribution in [0.1, 0.15) is 34.1 Å². The molecule has 0 unspecified atom stereocenters. The highest BCUT2D eigenvalue weighted by Crippen LogP contribution is 2.26. The molecule has 1 aromatic heterocycles. The Morgan fingerprint density at radius 1 is 1.22 bits per heavy atom. The number of esters is 1. The summed E-state index contributed by atoms with van der Waals surface area (Å²) < 4.78 is 10.6. The highest BCUT2D eigenvalue weighted by molar-refractivity contribution is 5.88. The predicted octanol–water partition coefficient (Wildman–Crippen LogP) is 3.46. The average Bonchev–Trinajstić information content (AvgIpc) is 2.50. The summed E-state index contributed by atoms with van der Waals surface area (Å²) in [6.45, 7) is 6.41. The fourth-order valence-electron chi connectivity index (χ4n) is 1.93. The first-order valence-electron chi connectivity index (χ1n) is 7.12. The van der Waals surface area contributed by atoms with E-state index in [0.29, 0.717) is 29.3 Å². The Labute approximate surface area is 142 Å². The Kier molecular flexibility index (Phi) is 6.85. The van der Waals surface area contributed by atoms with Crippen molar-refractivity contribution < 1.29 is 14.3 Å². The van der Waals surface area contributed by atoms with E-state index in [1.165, 1.54) is 6.20 Å². The molecule has 23 heavy (non-hydrogen) atoms. The highest BCUT2D eigenvalue weighted by Gasteiger charge is 2.08. The molecule has 0 fully saturated rings. The molecule has 124 valence electrons. The number of hydrogen-bond donors (Lipinski definition) is 1. The number of carbonyl (C=O) groups excluding carboxylic acids is 1. The Morgan fingerprint density at radius 3 is 2.52 bits per heavy atom. The summed E-state index contributed by atoms with van der Waals surface area (Å²) in [7, 11) is 0. The third kappa shape index (κ3) is 4.86. The van der Waals surface area contributed by atoms with Gasteiger partial charge in [-0.2, -0.15) is 0 Å². The van der Waals surface area contributed by atoms with Crippen LogP contribution in [0.25, 0.3) is 0 Å². The molecule has 0 atom stereocenters. The molecule has 5 nitrogen and oxygen atoms in total. The fourth-order valence-corrected chi connectivity index (χ4v) is 1.93. The summed E-state index contributed by atoms with van der Waals surface area (Å²) in [4.78, 5) is 15.7. The van der Waals surface area contributed by atoms with Crippen LogP contribution >= 0.6 is 12.4 Å². The molecule has 2 aromatic rings. The molecule has 2 N–H and O–H groups in total. The van der Waals surface area contributed by atoms with Gasteiger partial charge in [-0.3, -0.25) is 4.98 Å². The molecule has 6 heteroatoms. The van der Waals surface area contributed by atoms with Gasteiger partial charge < -0.3 is 15.2 Å². The summed E-state index contributed by atoms with van der Waals surface area (Å²) in [6.07, 6.45) is 1.49. The molecule has 2 rings (SSSR count). The molecule has 1 aromatic carbocycles. The lowest BCUT2D eigenvalue weighted by Crippen LogP contribution is -2.06. The van der Waals surface area contributed by atoms with E-state index in [-0.39, 0.29) is 25.0 Å². The van der Waals surface area contributed by atoms with Crippen molar-refractivity contribution in [3.63, 3.8) is 0 Å². The number of nitrogen functional groups attached to an aromatic ring is 1. The highest BCUT2D eigenvalue weighted by atomic mass is 35.5. The van der Waals surface area contributed by atoms with Crippen molar-refractivity contribution in [2.75, 3.05) is 12.3 Å². The van der Waals surface area contributed by atoms with Gasteiger partial charge in [0.25, 0.3) is 0 Å². The first-order chi connectivity index (χ1) is 10.5. The van der Waals surface area contributed by atoms with Gasteiger partial charge in [0.05, 0.1) is 23.6 Å². The standard InChI is InChI=1S/C17H20N2O3.ClH/c1-4-21-17(20)13-5-6-14(19-9-13)10-22-16-8-12(3)11(2)7-15(16)18;/h5-9H,4,10,18H2,1-3H3;1H. The van der Waals surface area contributed by atoms with Crippen molar-refractivity contribution in [3.05, 3.63) is 52.8 Å². The van der Waals surface area contributed by atoms with Crippen molar-refractivity contribution >= 4 is 24.1 Å². The molecule has 0 aliphatic heterocycles. The third-order valence-corrected chi connectivity index (χ3v) is 3.34. The Bertz CT molecular complexity index is 672. The summed E-state index contributed by atoms with van der Waals surface area (Å²) >= 11 is 0. The second-order valence-electron chi connectivity index (χ2n) is 5.02. The minimum atomic E-state index is -0.374. The Morgan fingerprint density at radius 2 is 1.91 bits per heavy atom. The van der Waals surface area contributed by atoms with Crippen LogP contribution in [0.2, 0.25) is 0 Å². The molecule has 0 amide bonds. The molecule has 0 aliphatic rings. The number of aromatic nitrogens is 1. The van der Waals surface area contributed by atoms with E-state index in [9.17, 15) is 4.79 Å². The van der Waals surface area contributed by atoms with Crippen LogP contribution in [0.5, 0.6) is 5.75 Å². The zero-order valence-electron chi connectivity index (χ0n) is 13.5. The maximum Gasteiger partial charge on any atom is 0.339 e. The number of benzene rings is 1. The zero-order chi connectivity index (χ0) is 16.1. The van der Waals surface area contributed by atoms with Gasteiger partial charge in [-0.05, 0) is 56.2 Å². The molecule has 0 spiro atoms. The monoisotopic (exact) mass is 336 g/mol. The van der Waals surface area contributed by atoms with Gasteiger partial charge >= 0.3 is 5.97 Å². The van der Waals surface area contributed by atoms with Crippen LogP contribution in [-0.4, -0.2) is 17.6 Å². The first kappa shape index (κ1) is 18.8. The first-order valence-corrected chi connectivity index (χ1v) is 7.12. The Balaban J connectivity index is 0.00000264. The summed E-state index contributed by atoms with van der Waals surface area (Å²) in [5, 5.41) is 0. The fraction of sp³-hybridized carbons (Fsp3) is 0.294. The number of rotatable bonds is 5. The van der Waals surface area contributed by atoms with Crippen LogP contribution in [0.4, 0.5) is 5.69 Å². The van der Waals surface area contributed by atoms with E-state index >= 15 is 0 Å². The summed E-state index contributed by atoms with van der Waals surface area (Å²) in [5.41, 5.74) is 9.94. The van der Waals surface area contributed by atoms with Crippen LogP contribution in [0, 0.1) is 13.8 Å². The number of carbonyl (C=O) groups is 1. The SMILES string of the molecule is CCOC(=O)c1ccc(COc2cc(C)c(C)cc2N)nc1.Cl. The van der Waals surface area contributed by atoms with Crippen molar-refractivity contribution in [1.82, 2.24) is 4.98 Å². The van der Waals surface area contributed by atoms with E-state index in [1.807, 2.05) is 26.0 Å². The van der Waals surface area contributed by atoms with Crippen molar-refractivity contribution in [2.24, 2.45) is 0 Å². The summed E-state index contributed by atoms with van der Waals surface area (Å²) in [5.74, 6) is 0.264. The number of nitrogens with zero attached hydrogens (tertiary/aromatic N) is 1. The smallest absolute Gasteiger partial charge is 0.339 e. The Hall–Kier alpha value is -2.27. The maximum atomic E-state index is 11.5. The molecular formula is C17H21ClN2O3. The average molecular weight is 337 g/mol. The van der Waals surface area contributed by atoms with Crippen LogP contribution in [0.15, 0.2) is 30.5 Å². The second kappa shape index (κ2) is 8.39. The van der Waals surface area contributed by atoms with Gasteiger partial charge in [-0.1, -0.05) is 0 Å². The zero-order valence-corrected chi connectivity index (χ0v) is 14.3. The number of anilines is 1. The number of nitrogens with two attached hydrogens (primary N) is 1. The number of aryl methyl sites for hydroxylation is 2. The van der Waals surface area contributed by atoms with Gasteiger partial charge in [0.1, 0.15) is 12.4 Å². The van der Waals surface area contributed by atoms with E-state index in [0.717, 1.165) is 11.1 Å². The van der Waals surface area contributed by atoms with Gasteiger partial charge in [-0.15, -0.1) is 12.4 Å². The third-order valence-electron chi connectivity index (χ3n) is 3.34. The van der Waals surface area contributed by atoms with E-state index in [1.54, 1.807) is 19.1 Å². The quantitative estimate of drug-likeness (QED) is 0.668. The molecule has 0 aliphatic carbocycles. The largest absolute Gasteiger partial charge is 0.485 e. The molecule has 0 saturated heterocycles. The number of halogens is 1. The maximum absolute atomic E-state index is 11.5. The lowest BCUT2D eigenvalue weighted by atomic mass is 10.1. The minimum Gasteiger partial charge on any atom is -0.485 e. The lowest BCUT2D eigenvalue weighted by Gasteiger charge is -2.11. The number of pyridine rings is 1. The van der Waals surface area contributed by atoms with E-state index in [2.05, 4.69) is 4.98 Å². The van der Waals surface area contributed by atoms with Crippen molar-refractivity contribution in [3.8, 4) is 5.75 Å². The topological polar surface area (TPSA) is 74.4 Å². The van der Waals surface area contributed by atoms with Crippen molar-refractivity contribution in [2.45, 2.75) is 27.4 Å². The van der Waals surface area contributed by atoms with Gasteiger partial charge in [-0.25, -0.2) is 4.79 Å². The normalized spacial score (nSPS) is 9.87. The molecule has 0 bridgehead atoms. The number of hydrogen-bond acceptors (Lipinski definition) is 5. The molecular weight excluding hydrogens is 316 g/mol. The molecule has 0 radical (unpaired) electrons. The number of ether oxygens (including phenoxy) is 2. The van der Waals surface area contributed by atoms with Crippen LogP contribution in [-0.2, 0) is 11.3 Å². The molecule has 0 saturated carbocycles. The molecule has 1 heterocycles. The van der Waals surface area contributed by atoms with Gasteiger partial charge in [0.2, 0.25) is 0 Å². The van der Waals surface area contributed by atoms with Gasteiger partial charge in [0.15, 0.2) is 0 Å². The van der Waals surface area contributed by atoms with E-state index in [4.69, 9.17) is 15.2 Å². The minimum absolute atomic E-state index is 0. The lowest BCUT2D eigenvalue weighted by molar-refractivity contribution is 0.0526.